The maximum absolute atomic E-state index is 12.3. The van der Waals surface area contributed by atoms with Gasteiger partial charge in [-0.25, -0.2) is 0 Å². The summed E-state index contributed by atoms with van der Waals surface area (Å²) in [6.07, 6.45) is 0. The SMILES string of the molecule is O=C(NC(=S)Nc1ccc([N+](=O)[O-])cc1Br)c1ccc(-c2cccc(Cl)c2)o1. The molecule has 0 aliphatic heterocycles. The number of carbonyl (C=O) groups is 1. The molecule has 142 valence electrons. The molecule has 0 radical (unpaired) electrons. The number of thiocarbonyl (C=S) groups is 1. The molecule has 3 rings (SSSR count). The highest BCUT2D eigenvalue weighted by Crippen LogP contribution is 2.27. The summed E-state index contributed by atoms with van der Waals surface area (Å²) in [5.41, 5.74) is 1.13. The van der Waals surface area contributed by atoms with Gasteiger partial charge in [-0.05, 0) is 58.5 Å². The van der Waals surface area contributed by atoms with Crippen molar-refractivity contribution in [2.45, 2.75) is 0 Å². The van der Waals surface area contributed by atoms with Gasteiger partial charge in [-0.2, -0.15) is 0 Å². The molecule has 0 unspecified atom stereocenters. The van der Waals surface area contributed by atoms with Crippen LogP contribution in [0.25, 0.3) is 11.3 Å². The van der Waals surface area contributed by atoms with Crippen molar-refractivity contribution in [2.75, 3.05) is 5.32 Å². The van der Waals surface area contributed by atoms with Gasteiger partial charge in [0.05, 0.1) is 10.6 Å². The summed E-state index contributed by atoms with van der Waals surface area (Å²) in [6.45, 7) is 0. The predicted octanol–water partition coefficient (Wildman–Crippen LogP) is 5.40. The van der Waals surface area contributed by atoms with E-state index in [4.69, 9.17) is 28.2 Å². The van der Waals surface area contributed by atoms with Gasteiger partial charge in [0, 0.05) is 27.2 Å². The molecular formula is C18H11BrClN3O4S. The number of anilines is 1. The quantitative estimate of drug-likeness (QED) is 0.295. The van der Waals surface area contributed by atoms with Gasteiger partial charge in [0.15, 0.2) is 10.9 Å². The minimum absolute atomic E-state index is 0.0141. The van der Waals surface area contributed by atoms with Crippen LogP contribution in [0.5, 0.6) is 0 Å². The fourth-order valence-electron chi connectivity index (χ4n) is 2.29. The van der Waals surface area contributed by atoms with E-state index in [9.17, 15) is 14.9 Å². The van der Waals surface area contributed by atoms with Crippen LogP contribution >= 0.6 is 39.7 Å². The van der Waals surface area contributed by atoms with Crippen LogP contribution < -0.4 is 10.6 Å². The lowest BCUT2D eigenvalue weighted by Gasteiger charge is -2.10. The van der Waals surface area contributed by atoms with Crippen molar-refractivity contribution in [3.05, 3.63) is 80.0 Å². The van der Waals surface area contributed by atoms with Crippen LogP contribution in [0.3, 0.4) is 0 Å². The van der Waals surface area contributed by atoms with Gasteiger partial charge in [-0.1, -0.05) is 23.7 Å². The second-order valence-corrected chi connectivity index (χ2v) is 7.20. The number of nitrogens with zero attached hydrogens (tertiary/aromatic N) is 1. The molecule has 2 aromatic carbocycles. The number of hydrogen-bond donors (Lipinski definition) is 2. The van der Waals surface area contributed by atoms with Crippen molar-refractivity contribution in [3.8, 4) is 11.3 Å². The smallest absolute Gasteiger partial charge is 0.293 e. The third kappa shape index (κ3) is 4.75. The number of halogens is 2. The maximum Gasteiger partial charge on any atom is 0.293 e. The standard InChI is InChI=1S/C18H11BrClN3O4S/c19-13-9-12(23(25)26)4-5-14(13)21-18(28)22-17(24)16-7-6-15(27-16)10-2-1-3-11(20)8-10/h1-9H,(H2,21,22,24,28). The van der Waals surface area contributed by atoms with Crippen molar-refractivity contribution < 1.29 is 14.1 Å². The lowest BCUT2D eigenvalue weighted by Crippen LogP contribution is -2.34. The summed E-state index contributed by atoms with van der Waals surface area (Å²) < 4.78 is 5.99. The number of non-ortho nitro benzene ring substituents is 1. The number of furan rings is 1. The van der Waals surface area contributed by atoms with Gasteiger partial charge in [0.2, 0.25) is 0 Å². The number of rotatable bonds is 4. The van der Waals surface area contributed by atoms with Crippen LogP contribution in [0.1, 0.15) is 10.6 Å². The molecule has 0 bridgehead atoms. The second-order valence-electron chi connectivity index (χ2n) is 5.50. The summed E-state index contributed by atoms with van der Waals surface area (Å²) in [4.78, 5) is 22.6. The minimum Gasteiger partial charge on any atom is -0.451 e. The van der Waals surface area contributed by atoms with E-state index in [2.05, 4.69) is 26.6 Å². The van der Waals surface area contributed by atoms with Crippen LogP contribution in [0.2, 0.25) is 5.02 Å². The summed E-state index contributed by atoms with van der Waals surface area (Å²) in [5.74, 6) is 0.0235. The predicted molar refractivity (Wildman–Crippen MR) is 114 cm³/mol. The zero-order chi connectivity index (χ0) is 20.3. The molecule has 1 amide bonds. The van der Waals surface area contributed by atoms with E-state index in [1.165, 1.54) is 24.3 Å². The molecule has 1 heterocycles. The normalized spacial score (nSPS) is 10.4. The first kappa shape index (κ1) is 20.0. The molecule has 2 N–H and O–H groups in total. The van der Waals surface area contributed by atoms with E-state index in [1.807, 2.05) is 6.07 Å². The highest BCUT2D eigenvalue weighted by Gasteiger charge is 2.15. The van der Waals surface area contributed by atoms with Crippen LogP contribution in [0.4, 0.5) is 11.4 Å². The topological polar surface area (TPSA) is 97.4 Å². The van der Waals surface area contributed by atoms with Crippen molar-refractivity contribution in [1.82, 2.24) is 5.32 Å². The third-order valence-corrected chi connectivity index (χ3v) is 4.67. The molecule has 0 aliphatic carbocycles. The Hall–Kier alpha value is -2.75. The first-order valence-electron chi connectivity index (χ1n) is 7.75. The van der Waals surface area contributed by atoms with E-state index in [-0.39, 0.29) is 16.6 Å². The molecule has 0 spiro atoms. The Labute approximate surface area is 178 Å². The van der Waals surface area contributed by atoms with Gasteiger partial charge in [0.25, 0.3) is 11.6 Å². The lowest BCUT2D eigenvalue weighted by molar-refractivity contribution is -0.384. The molecule has 7 nitrogen and oxygen atoms in total. The zero-order valence-electron chi connectivity index (χ0n) is 13.9. The minimum atomic E-state index is -0.538. The summed E-state index contributed by atoms with van der Waals surface area (Å²) in [7, 11) is 0. The second kappa shape index (κ2) is 8.51. The van der Waals surface area contributed by atoms with Gasteiger partial charge >= 0.3 is 0 Å². The van der Waals surface area contributed by atoms with Crippen LogP contribution in [-0.2, 0) is 0 Å². The molecule has 0 atom stereocenters. The summed E-state index contributed by atoms with van der Waals surface area (Å²) in [5, 5.41) is 16.6. The molecule has 28 heavy (non-hydrogen) atoms. The average molecular weight is 481 g/mol. The summed E-state index contributed by atoms with van der Waals surface area (Å²) in [6, 6.07) is 14.4. The molecule has 10 heteroatoms. The van der Waals surface area contributed by atoms with Gasteiger partial charge in [-0.15, -0.1) is 0 Å². The molecule has 0 saturated heterocycles. The Morgan fingerprint density at radius 3 is 2.64 bits per heavy atom. The van der Waals surface area contributed by atoms with Crippen molar-refractivity contribution in [1.29, 1.82) is 0 Å². The lowest BCUT2D eigenvalue weighted by atomic mass is 10.2. The Morgan fingerprint density at radius 1 is 1.18 bits per heavy atom. The molecular weight excluding hydrogens is 470 g/mol. The van der Waals surface area contributed by atoms with Crippen molar-refractivity contribution in [2.24, 2.45) is 0 Å². The highest BCUT2D eigenvalue weighted by atomic mass is 79.9. The van der Waals surface area contributed by atoms with E-state index < -0.39 is 10.8 Å². The first-order valence-corrected chi connectivity index (χ1v) is 9.33. The number of nitro benzene ring substituents is 1. The number of nitrogens with one attached hydrogen (secondary N) is 2. The van der Waals surface area contributed by atoms with E-state index >= 15 is 0 Å². The van der Waals surface area contributed by atoms with Crippen molar-refractivity contribution in [3.63, 3.8) is 0 Å². The molecule has 1 aromatic heterocycles. The maximum atomic E-state index is 12.3. The Kier molecular flexibility index (Phi) is 6.08. The Balaban J connectivity index is 1.66. The van der Waals surface area contributed by atoms with E-state index in [0.29, 0.717) is 20.9 Å². The highest BCUT2D eigenvalue weighted by molar-refractivity contribution is 9.10. The van der Waals surface area contributed by atoms with Crippen LogP contribution in [-0.4, -0.2) is 15.9 Å². The van der Waals surface area contributed by atoms with E-state index in [1.54, 1.807) is 24.3 Å². The number of hydrogen-bond acceptors (Lipinski definition) is 5. The number of amides is 1. The van der Waals surface area contributed by atoms with Crippen molar-refractivity contribution >= 4 is 62.1 Å². The first-order chi connectivity index (χ1) is 13.3. The number of nitro groups is 1. The fraction of sp³-hybridized carbons (Fsp3) is 0. The fourth-order valence-corrected chi connectivity index (χ4v) is 3.15. The molecule has 3 aromatic rings. The summed E-state index contributed by atoms with van der Waals surface area (Å²) >= 11 is 14.3. The van der Waals surface area contributed by atoms with Crippen LogP contribution in [0.15, 0.2) is 63.5 Å². The molecule has 0 aliphatic rings. The number of benzene rings is 2. The Morgan fingerprint density at radius 2 is 1.96 bits per heavy atom. The number of carbonyl (C=O) groups excluding carboxylic acids is 1. The van der Waals surface area contributed by atoms with Gasteiger partial charge < -0.3 is 9.73 Å². The van der Waals surface area contributed by atoms with Crippen LogP contribution in [0, 0.1) is 10.1 Å². The largest absolute Gasteiger partial charge is 0.451 e. The van der Waals surface area contributed by atoms with Gasteiger partial charge in [0.1, 0.15) is 5.76 Å². The van der Waals surface area contributed by atoms with Gasteiger partial charge in [-0.3, -0.25) is 20.2 Å². The molecule has 0 saturated carbocycles. The Bertz CT molecular complexity index is 1090. The third-order valence-electron chi connectivity index (χ3n) is 3.58. The van der Waals surface area contributed by atoms with E-state index in [0.717, 1.165) is 5.56 Å². The monoisotopic (exact) mass is 479 g/mol. The zero-order valence-corrected chi connectivity index (χ0v) is 17.1. The average Bonchev–Trinajstić information content (AvgIpc) is 3.13. The molecule has 0 fully saturated rings.